The van der Waals surface area contributed by atoms with Crippen LogP contribution in [-0.2, 0) is 0 Å². The third-order valence-electron chi connectivity index (χ3n) is 3.81. The lowest BCUT2D eigenvalue weighted by atomic mass is 9.84. The van der Waals surface area contributed by atoms with E-state index in [1.54, 1.807) is 0 Å². The first kappa shape index (κ1) is 17.6. The quantitative estimate of drug-likeness (QED) is 0.458. The molecule has 21 heavy (non-hydrogen) atoms. The van der Waals surface area contributed by atoms with Gasteiger partial charge in [-0.15, -0.1) is 0 Å². The molecule has 1 aromatic carbocycles. The van der Waals surface area contributed by atoms with Gasteiger partial charge in [-0.2, -0.15) is 0 Å². The zero-order chi connectivity index (χ0) is 16.0. The summed E-state index contributed by atoms with van der Waals surface area (Å²) in [6.07, 6.45) is 1.69. The summed E-state index contributed by atoms with van der Waals surface area (Å²) in [5.41, 5.74) is -0.764. The minimum atomic E-state index is -0.689. The smallest absolute Gasteiger partial charge is 0.282 e. The van der Waals surface area contributed by atoms with E-state index in [1.807, 2.05) is 13.8 Å². The summed E-state index contributed by atoms with van der Waals surface area (Å²) >= 11 is 3.43. The van der Waals surface area contributed by atoms with E-state index in [9.17, 15) is 19.3 Å². The highest BCUT2D eigenvalue weighted by molar-refractivity contribution is 9.09. The van der Waals surface area contributed by atoms with Gasteiger partial charge < -0.3 is 5.32 Å². The van der Waals surface area contributed by atoms with Crippen molar-refractivity contribution in [3.63, 3.8) is 0 Å². The molecule has 0 aliphatic carbocycles. The number of hydrogen-bond donors (Lipinski definition) is 1. The SMILES string of the molecule is CCC(CC)(CBr)CNC(=O)c1cc(F)ccc1[N+](=O)[O-]. The second-order valence-electron chi connectivity index (χ2n) is 4.94. The van der Waals surface area contributed by atoms with Crippen LogP contribution in [0.2, 0.25) is 0 Å². The maximum Gasteiger partial charge on any atom is 0.282 e. The van der Waals surface area contributed by atoms with Crippen molar-refractivity contribution in [2.75, 3.05) is 11.9 Å². The molecular formula is C14H18BrFN2O3. The maximum absolute atomic E-state index is 13.2. The molecule has 1 aromatic rings. The minimum Gasteiger partial charge on any atom is -0.351 e. The van der Waals surface area contributed by atoms with Crippen molar-refractivity contribution in [3.05, 3.63) is 39.7 Å². The van der Waals surface area contributed by atoms with E-state index in [-0.39, 0.29) is 11.0 Å². The Kier molecular flexibility index (Phi) is 6.26. The maximum atomic E-state index is 13.2. The Morgan fingerprint density at radius 3 is 2.52 bits per heavy atom. The molecule has 0 saturated carbocycles. The van der Waals surface area contributed by atoms with Crippen LogP contribution in [0.5, 0.6) is 0 Å². The van der Waals surface area contributed by atoms with Crippen LogP contribution < -0.4 is 5.32 Å². The van der Waals surface area contributed by atoms with E-state index >= 15 is 0 Å². The third kappa shape index (κ3) is 4.23. The predicted octanol–water partition coefficient (Wildman–Crippen LogP) is 3.67. The van der Waals surface area contributed by atoms with Gasteiger partial charge in [0.2, 0.25) is 0 Å². The van der Waals surface area contributed by atoms with Crippen molar-refractivity contribution in [2.45, 2.75) is 26.7 Å². The van der Waals surface area contributed by atoms with Crippen LogP contribution in [-0.4, -0.2) is 22.7 Å². The lowest BCUT2D eigenvalue weighted by Gasteiger charge is -2.29. The molecule has 116 valence electrons. The van der Waals surface area contributed by atoms with Gasteiger partial charge in [0.05, 0.1) is 4.92 Å². The summed E-state index contributed by atoms with van der Waals surface area (Å²) in [6.45, 7) is 4.40. The van der Waals surface area contributed by atoms with Gasteiger partial charge in [0.25, 0.3) is 11.6 Å². The number of alkyl halides is 1. The van der Waals surface area contributed by atoms with E-state index in [2.05, 4.69) is 21.2 Å². The van der Waals surface area contributed by atoms with E-state index in [0.717, 1.165) is 31.0 Å². The number of nitro groups is 1. The average Bonchev–Trinajstić information content (AvgIpc) is 2.48. The van der Waals surface area contributed by atoms with Gasteiger partial charge in [-0.25, -0.2) is 4.39 Å². The standard InChI is InChI=1S/C14H18BrFN2O3/c1-3-14(4-2,8-15)9-17-13(19)11-7-10(16)5-6-12(11)18(20)21/h5-7H,3-4,8-9H2,1-2H3,(H,17,19). The van der Waals surface area contributed by atoms with Crippen LogP contribution in [0, 0.1) is 21.3 Å². The Bertz CT molecular complexity index is 525. The van der Waals surface area contributed by atoms with Gasteiger partial charge in [-0.1, -0.05) is 29.8 Å². The van der Waals surface area contributed by atoms with Crippen molar-refractivity contribution < 1.29 is 14.1 Å². The van der Waals surface area contributed by atoms with Crippen LogP contribution in [0.1, 0.15) is 37.0 Å². The van der Waals surface area contributed by atoms with Crippen LogP contribution in [0.25, 0.3) is 0 Å². The van der Waals surface area contributed by atoms with Crippen molar-refractivity contribution in [2.24, 2.45) is 5.41 Å². The summed E-state index contributed by atoms with van der Waals surface area (Å²) in [5.74, 6) is -1.31. The number of amides is 1. The van der Waals surface area contributed by atoms with Gasteiger partial charge in [0.1, 0.15) is 11.4 Å². The molecule has 0 atom stereocenters. The van der Waals surface area contributed by atoms with Gasteiger partial charge in [-0.3, -0.25) is 14.9 Å². The Morgan fingerprint density at radius 2 is 2.05 bits per heavy atom. The van der Waals surface area contributed by atoms with Crippen LogP contribution >= 0.6 is 15.9 Å². The Balaban J connectivity index is 2.95. The second-order valence-corrected chi connectivity index (χ2v) is 5.50. The molecule has 0 heterocycles. The van der Waals surface area contributed by atoms with E-state index in [4.69, 9.17) is 0 Å². The number of nitro benzene ring substituents is 1. The Morgan fingerprint density at radius 1 is 1.43 bits per heavy atom. The fourth-order valence-corrected chi connectivity index (χ4v) is 2.94. The molecule has 0 unspecified atom stereocenters. The number of carbonyl (C=O) groups is 1. The van der Waals surface area contributed by atoms with Crippen LogP contribution in [0.15, 0.2) is 18.2 Å². The fraction of sp³-hybridized carbons (Fsp3) is 0.500. The monoisotopic (exact) mass is 360 g/mol. The van der Waals surface area contributed by atoms with E-state index in [0.29, 0.717) is 11.9 Å². The van der Waals surface area contributed by atoms with Crippen molar-refractivity contribution in [3.8, 4) is 0 Å². The number of rotatable bonds is 7. The topological polar surface area (TPSA) is 72.2 Å². The molecule has 0 bridgehead atoms. The Hall–Kier alpha value is -1.50. The molecule has 0 aliphatic heterocycles. The van der Waals surface area contributed by atoms with Crippen LogP contribution in [0.3, 0.4) is 0 Å². The first-order valence-electron chi connectivity index (χ1n) is 6.67. The average molecular weight is 361 g/mol. The predicted molar refractivity (Wildman–Crippen MR) is 82.2 cm³/mol. The number of benzene rings is 1. The summed E-state index contributed by atoms with van der Waals surface area (Å²) in [6, 6.07) is 2.86. The highest BCUT2D eigenvalue weighted by Gasteiger charge is 2.27. The molecular weight excluding hydrogens is 343 g/mol. The molecule has 0 fully saturated rings. The van der Waals surface area contributed by atoms with Crippen molar-refractivity contribution in [1.82, 2.24) is 5.32 Å². The lowest BCUT2D eigenvalue weighted by molar-refractivity contribution is -0.385. The summed E-state index contributed by atoms with van der Waals surface area (Å²) < 4.78 is 13.2. The van der Waals surface area contributed by atoms with Gasteiger partial charge >= 0.3 is 0 Å². The van der Waals surface area contributed by atoms with Crippen molar-refractivity contribution in [1.29, 1.82) is 0 Å². The molecule has 1 rings (SSSR count). The first-order valence-corrected chi connectivity index (χ1v) is 7.79. The fourth-order valence-electron chi connectivity index (χ4n) is 1.95. The Labute approximate surface area is 131 Å². The summed E-state index contributed by atoms with van der Waals surface area (Å²) in [5, 5.41) is 14.3. The second kappa shape index (κ2) is 7.49. The molecule has 1 N–H and O–H groups in total. The molecule has 7 heteroatoms. The molecule has 0 aliphatic rings. The zero-order valence-corrected chi connectivity index (χ0v) is 13.6. The number of halogens is 2. The summed E-state index contributed by atoms with van der Waals surface area (Å²) in [4.78, 5) is 22.3. The lowest BCUT2D eigenvalue weighted by Crippen LogP contribution is -2.38. The normalized spacial score (nSPS) is 11.2. The molecule has 0 aromatic heterocycles. The molecule has 5 nitrogen and oxygen atoms in total. The zero-order valence-electron chi connectivity index (χ0n) is 12.0. The molecule has 1 amide bonds. The molecule has 0 radical (unpaired) electrons. The number of hydrogen-bond acceptors (Lipinski definition) is 3. The number of nitrogens with one attached hydrogen (secondary N) is 1. The highest BCUT2D eigenvalue weighted by atomic mass is 79.9. The highest BCUT2D eigenvalue weighted by Crippen LogP contribution is 2.28. The number of nitrogens with zero attached hydrogens (tertiary/aromatic N) is 1. The van der Waals surface area contributed by atoms with Gasteiger partial charge in [-0.05, 0) is 30.4 Å². The molecule has 0 saturated heterocycles. The van der Waals surface area contributed by atoms with E-state index in [1.165, 1.54) is 0 Å². The van der Waals surface area contributed by atoms with E-state index < -0.39 is 22.3 Å². The minimum absolute atomic E-state index is 0.113. The number of carbonyl (C=O) groups excluding carboxylic acids is 1. The largest absolute Gasteiger partial charge is 0.351 e. The first-order chi connectivity index (χ1) is 9.89. The summed E-state index contributed by atoms with van der Waals surface area (Å²) in [7, 11) is 0. The van der Waals surface area contributed by atoms with Gasteiger partial charge in [0, 0.05) is 17.9 Å². The van der Waals surface area contributed by atoms with Gasteiger partial charge in [0.15, 0.2) is 0 Å². The van der Waals surface area contributed by atoms with Crippen LogP contribution in [0.4, 0.5) is 10.1 Å². The van der Waals surface area contributed by atoms with Crippen molar-refractivity contribution >= 4 is 27.5 Å². The molecule has 0 spiro atoms. The third-order valence-corrected chi connectivity index (χ3v) is 5.00.